The summed E-state index contributed by atoms with van der Waals surface area (Å²) in [6.07, 6.45) is -3.74. The molecular formula is C24H27F6N3O5. The predicted molar refractivity (Wildman–Crippen MR) is 124 cm³/mol. The number of halogens is 6. The third-order valence-electron chi connectivity index (χ3n) is 6.40. The second-order valence-corrected chi connectivity index (χ2v) is 8.66. The van der Waals surface area contributed by atoms with Crippen molar-refractivity contribution in [1.82, 2.24) is 9.88 Å². The van der Waals surface area contributed by atoms with Crippen molar-refractivity contribution < 1.29 is 50.9 Å². The van der Waals surface area contributed by atoms with E-state index in [4.69, 9.17) is 30.3 Å². The lowest BCUT2D eigenvalue weighted by atomic mass is 9.73. The van der Waals surface area contributed by atoms with Crippen LogP contribution >= 0.6 is 0 Å². The van der Waals surface area contributed by atoms with Gasteiger partial charge in [0.15, 0.2) is 0 Å². The summed E-state index contributed by atoms with van der Waals surface area (Å²) in [4.78, 5) is 24.8. The highest BCUT2D eigenvalue weighted by Crippen LogP contribution is 2.41. The number of benzene rings is 1. The Morgan fingerprint density at radius 3 is 2.18 bits per heavy atom. The molecule has 210 valence electrons. The second kappa shape index (κ2) is 12.4. The maximum Gasteiger partial charge on any atom is 0.490 e. The number of alkyl halides is 6. The van der Waals surface area contributed by atoms with Gasteiger partial charge in [-0.2, -0.15) is 26.3 Å². The lowest BCUT2D eigenvalue weighted by Crippen LogP contribution is -2.56. The van der Waals surface area contributed by atoms with E-state index in [2.05, 4.69) is 34.7 Å². The van der Waals surface area contributed by atoms with E-state index >= 15 is 0 Å². The number of aliphatic carboxylic acids is 2. The molecule has 2 bridgehead atoms. The first-order chi connectivity index (χ1) is 17.6. The molecule has 8 nitrogen and oxygen atoms in total. The number of nitrogens with two attached hydrogens (primary N) is 1. The van der Waals surface area contributed by atoms with Gasteiger partial charge in [0.2, 0.25) is 0 Å². The van der Waals surface area contributed by atoms with Crippen LogP contribution in [0.15, 0.2) is 43.1 Å². The van der Waals surface area contributed by atoms with Crippen molar-refractivity contribution >= 4 is 22.8 Å². The fourth-order valence-corrected chi connectivity index (χ4v) is 4.52. The van der Waals surface area contributed by atoms with Crippen LogP contribution in [0, 0.1) is 11.8 Å². The molecule has 3 saturated heterocycles. The number of carboxylic acid groups (broad SMARTS) is 2. The van der Waals surface area contributed by atoms with Gasteiger partial charge in [-0.05, 0) is 61.1 Å². The quantitative estimate of drug-likeness (QED) is 0.377. The van der Waals surface area contributed by atoms with Gasteiger partial charge < -0.3 is 20.7 Å². The SMILES string of the molecule is C=C[C@H]1CN2CC[C@H]1C[C@H]2[C@@H](N)c1ccnc2ccc(OC)cc12.O=C(O)C(F)(F)F.O=C(O)C(F)(F)F. The highest BCUT2D eigenvalue weighted by Gasteiger charge is 2.42. The summed E-state index contributed by atoms with van der Waals surface area (Å²) in [6.45, 7) is 6.26. The Bertz CT molecular complexity index is 1120. The summed E-state index contributed by atoms with van der Waals surface area (Å²) < 4.78 is 68.9. The van der Waals surface area contributed by atoms with Crippen molar-refractivity contribution in [3.63, 3.8) is 0 Å². The summed E-state index contributed by atoms with van der Waals surface area (Å²) in [5.74, 6) is -3.32. The zero-order chi connectivity index (χ0) is 28.8. The largest absolute Gasteiger partial charge is 0.497 e. The number of hydrogen-bond donors (Lipinski definition) is 3. The second-order valence-electron chi connectivity index (χ2n) is 8.66. The van der Waals surface area contributed by atoms with E-state index in [9.17, 15) is 26.3 Å². The molecule has 1 unspecified atom stereocenters. The highest BCUT2D eigenvalue weighted by molar-refractivity contribution is 5.84. The van der Waals surface area contributed by atoms with E-state index in [1.807, 2.05) is 18.3 Å². The number of piperidine rings is 3. The fraction of sp³-hybridized carbons (Fsp3) is 0.458. The third kappa shape index (κ3) is 7.81. The number of pyridine rings is 1. The molecule has 1 aromatic heterocycles. The van der Waals surface area contributed by atoms with E-state index in [0.717, 1.165) is 42.1 Å². The van der Waals surface area contributed by atoms with Crippen LogP contribution < -0.4 is 10.5 Å². The molecule has 4 heterocycles. The molecule has 38 heavy (non-hydrogen) atoms. The van der Waals surface area contributed by atoms with Crippen LogP contribution in [0.4, 0.5) is 26.3 Å². The highest BCUT2D eigenvalue weighted by atomic mass is 19.4. The monoisotopic (exact) mass is 551 g/mol. The topological polar surface area (TPSA) is 126 Å². The van der Waals surface area contributed by atoms with E-state index < -0.39 is 24.3 Å². The molecule has 1 aromatic carbocycles. The normalized spacial score (nSPS) is 23.3. The molecule has 0 spiro atoms. The minimum absolute atomic E-state index is 0.00354. The number of nitrogens with zero attached hydrogens (tertiary/aromatic N) is 2. The standard InChI is InChI=1S/C20H25N3O.2C2HF3O2/c1-3-13-12-23-9-7-14(13)10-19(23)20(21)16-6-8-22-18-5-4-15(24-2)11-17(16)18;2*3-2(4,5)1(6)7/h3-6,8,11,13-14,19-20H,1,7,9-10,12,21H2,2H3;2*(H,6,7)/t13-,14-,19-,20-;;/m0../s1. The summed E-state index contributed by atoms with van der Waals surface area (Å²) in [5.41, 5.74) is 8.91. The van der Waals surface area contributed by atoms with Gasteiger partial charge in [-0.3, -0.25) is 9.88 Å². The maximum atomic E-state index is 10.6. The molecule has 0 saturated carbocycles. The minimum atomic E-state index is -5.08. The molecule has 0 radical (unpaired) electrons. The van der Waals surface area contributed by atoms with E-state index in [1.54, 1.807) is 7.11 Å². The molecule has 3 fully saturated rings. The van der Waals surface area contributed by atoms with Gasteiger partial charge in [0, 0.05) is 30.2 Å². The first-order valence-corrected chi connectivity index (χ1v) is 11.2. The summed E-state index contributed by atoms with van der Waals surface area (Å²) in [6, 6.07) is 8.48. The fourth-order valence-electron chi connectivity index (χ4n) is 4.52. The van der Waals surface area contributed by atoms with Crippen LogP contribution in [0.5, 0.6) is 5.75 Å². The van der Waals surface area contributed by atoms with Gasteiger partial charge in [0.25, 0.3) is 0 Å². The molecule has 2 aromatic rings. The van der Waals surface area contributed by atoms with Gasteiger partial charge in [0.05, 0.1) is 12.6 Å². The van der Waals surface area contributed by atoms with Crippen molar-refractivity contribution in [2.45, 2.75) is 37.3 Å². The van der Waals surface area contributed by atoms with E-state index in [-0.39, 0.29) is 6.04 Å². The first-order valence-electron chi connectivity index (χ1n) is 11.2. The lowest BCUT2D eigenvalue weighted by molar-refractivity contribution is -0.193. The van der Waals surface area contributed by atoms with Crippen molar-refractivity contribution in [2.24, 2.45) is 17.6 Å². The van der Waals surface area contributed by atoms with Crippen LogP contribution in [0.3, 0.4) is 0 Å². The Labute approximate surface area is 213 Å². The lowest BCUT2D eigenvalue weighted by Gasteiger charge is -2.51. The molecule has 5 atom stereocenters. The van der Waals surface area contributed by atoms with Crippen LogP contribution in [-0.2, 0) is 9.59 Å². The number of hydrogen-bond acceptors (Lipinski definition) is 6. The number of methoxy groups -OCH3 is 1. The summed E-state index contributed by atoms with van der Waals surface area (Å²) >= 11 is 0. The number of carbonyl (C=O) groups is 2. The molecule has 14 heteroatoms. The Morgan fingerprint density at radius 2 is 1.74 bits per heavy atom. The van der Waals surface area contributed by atoms with Gasteiger partial charge in [-0.15, -0.1) is 6.58 Å². The van der Waals surface area contributed by atoms with E-state index in [1.165, 1.54) is 12.0 Å². The summed E-state index contributed by atoms with van der Waals surface area (Å²) in [5, 5.41) is 15.4. The zero-order valence-corrected chi connectivity index (χ0v) is 20.2. The molecule has 3 aliphatic rings. The number of ether oxygens (including phenoxy) is 1. The maximum absolute atomic E-state index is 10.6. The number of aromatic nitrogens is 1. The van der Waals surface area contributed by atoms with Crippen molar-refractivity contribution in [1.29, 1.82) is 0 Å². The Hall–Kier alpha value is -3.39. The van der Waals surface area contributed by atoms with Crippen molar-refractivity contribution in [2.75, 3.05) is 20.2 Å². The van der Waals surface area contributed by atoms with Crippen molar-refractivity contribution in [3.05, 3.63) is 48.7 Å². The van der Waals surface area contributed by atoms with Gasteiger partial charge >= 0.3 is 24.3 Å². The smallest absolute Gasteiger partial charge is 0.490 e. The average Bonchev–Trinajstić information content (AvgIpc) is 2.87. The molecule has 3 aliphatic heterocycles. The average molecular weight is 551 g/mol. The number of fused-ring (bicyclic) bond motifs is 4. The molecule has 0 aliphatic carbocycles. The summed E-state index contributed by atoms with van der Waals surface area (Å²) in [7, 11) is 1.69. The molecule has 0 amide bonds. The predicted octanol–water partition coefficient (Wildman–Crippen LogP) is 4.41. The minimum Gasteiger partial charge on any atom is -0.497 e. The Kier molecular flexibility index (Phi) is 10.1. The van der Waals surface area contributed by atoms with Gasteiger partial charge in [-0.1, -0.05) is 6.08 Å². The van der Waals surface area contributed by atoms with Crippen LogP contribution in [0.2, 0.25) is 0 Å². The Balaban J connectivity index is 0.000000301. The van der Waals surface area contributed by atoms with Gasteiger partial charge in [0.1, 0.15) is 5.75 Å². The van der Waals surface area contributed by atoms with Crippen LogP contribution in [-0.4, -0.2) is 70.6 Å². The third-order valence-corrected chi connectivity index (χ3v) is 6.40. The first kappa shape index (κ1) is 30.8. The van der Waals surface area contributed by atoms with Crippen LogP contribution in [0.1, 0.15) is 24.4 Å². The van der Waals surface area contributed by atoms with Crippen LogP contribution in [0.25, 0.3) is 10.9 Å². The van der Waals surface area contributed by atoms with Crippen molar-refractivity contribution in [3.8, 4) is 5.75 Å². The molecule has 4 N–H and O–H groups in total. The van der Waals surface area contributed by atoms with Gasteiger partial charge in [-0.25, -0.2) is 9.59 Å². The zero-order valence-electron chi connectivity index (χ0n) is 20.2. The molecule has 5 rings (SSSR count). The Morgan fingerprint density at radius 1 is 1.16 bits per heavy atom. The van der Waals surface area contributed by atoms with E-state index in [0.29, 0.717) is 12.0 Å². The molecular weight excluding hydrogens is 524 g/mol. The number of carboxylic acids is 2. The number of rotatable bonds is 4.